The number of carboxylic acids is 1. The fourth-order valence-electron chi connectivity index (χ4n) is 1.57. The Kier molecular flexibility index (Phi) is 3.37. The molecule has 0 saturated heterocycles. The standard InChI is InChI=1S/C8H16N2O4S/c1-10(2)15(13,14)9-8(4-3-5-8)6-7(11)12/h9H,3-6H2,1-2H3,(H,11,12). The highest BCUT2D eigenvalue weighted by molar-refractivity contribution is 7.87. The monoisotopic (exact) mass is 236 g/mol. The molecule has 0 bridgehead atoms. The Balaban J connectivity index is 2.73. The van der Waals surface area contributed by atoms with Crippen LogP contribution in [0.3, 0.4) is 0 Å². The van der Waals surface area contributed by atoms with Gasteiger partial charge in [0.1, 0.15) is 0 Å². The number of nitrogens with one attached hydrogen (secondary N) is 1. The quantitative estimate of drug-likeness (QED) is 0.691. The molecule has 0 unspecified atom stereocenters. The Hall–Kier alpha value is -0.660. The number of aliphatic carboxylic acids is 1. The van der Waals surface area contributed by atoms with Gasteiger partial charge in [-0.05, 0) is 19.3 Å². The molecule has 1 rings (SSSR count). The maximum Gasteiger partial charge on any atom is 0.305 e. The summed E-state index contributed by atoms with van der Waals surface area (Å²) in [6.45, 7) is 0. The van der Waals surface area contributed by atoms with E-state index < -0.39 is 21.7 Å². The van der Waals surface area contributed by atoms with Crippen LogP contribution in [0, 0.1) is 0 Å². The Bertz CT molecular complexity index is 346. The van der Waals surface area contributed by atoms with Gasteiger partial charge in [-0.1, -0.05) is 0 Å². The summed E-state index contributed by atoms with van der Waals surface area (Å²) in [4.78, 5) is 10.6. The molecule has 0 aromatic rings. The van der Waals surface area contributed by atoms with E-state index >= 15 is 0 Å². The third-order valence-corrected chi connectivity index (χ3v) is 4.28. The Morgan fingerprint density at radius 2 is 2.00 bits per heavy atom. The van der Waals surface area contributed by atoms with Crippen LogP contribution in [0.15, 0.2) is 0 Å². The molecule has 0 aromatic heterocycles. The molecule has 7 heteroatoms. The molecule has 1 fully saturated rings. The fourth-order valence-corrected chi connectivity index (χ4v) is 2.58. The largest absolute Gasteiger partial charge is 0.481 e. The second-order valence-electron chi connectivity index (χ2n) is 4.09. The van der Waals surface area contributed by atoms with Crippen molar-refractivity contribution in [1.82, 2.24) is 9.03 Å². The Morgan fingerprint density at radius 3 is 2.27 bits per heavy atom. The van der Waals surface area contributed by atoms with E-state index in [1.165, 1.54) is 14.1 Å². The summed E-state index contributed by atoms with van der Waals surface area (Å²) in [5.74, 6) is -0.976. The zero-order chi connectivity index (χ0) is 11.7. The molecule has 2 N–H and O–H groups in total. The molecule has 0 radical (unpaired) electrons. The maximum atomic E-state index is 11.5. The highest BCUT2D eigenvalue weighted by Gasteiger charge is 2.42. The zero-order valence-corrected chi connectivity index (χ0v) is 9.67. The van der Waals surface area contributed by atoms with E-state index in [1.54, 1.807) is 0 Å². The summed E-state index contributed by atoms with van der Waals surface area (Å²) in [7, 11) is -0.718. The molecule has 0 spiro atoms. The van der Waals surface area contributed by atoms with Crippen molar-refractivity contribution in [1.29, 1.82) is 0 Å². The van der Waals surface area contributed by atoms with Crippen LogP contribution < -0.4 is 4.72 Å². The third kappa shape index (κ3) is 2.90. The van der Waals surface area contributed by atoms with Gasteiger partial charge in [0, 0.05) is 19.6 Å². The molecular weight excluding hydrogens is 220 g/mol. The molecule has 0 amide bonds. The van der Waals surface area contributed by atoms with Crippen molar-refractivity contribution in [3.8, 4) is 0 Å². The van der Waals surface area contributed by atoms with Crippen molar-refractivity contribution in [2.24, 2.45) is 0 Å². The lowest BCUT2D eigenvalue weighted by atomic mass is 9.75. The molecule has 1 aliphatic rings. The predicted octanol–water partition coefficient (Wildman–Crippen LogP) is -0.220. The first-order valence-corrected chi connectivity index (χ1v) is 6.15. The van der Waals surface area contributed by atoms with Crippen LogP contribution in [0.25, 0.3) is 0 Å². The van der Waals surface area contributed by atoms with Gasteiger partial charge in [0.15, 0.2) is 0 Å². The lowest BCUT2D eigenvalue weighted by Gasteiger charge is -2.41. The van der Waals surface area contributed by atoms with Gasteiger partial charge in [0.2, 0.25) is 0 Å². The Labute approximate surface area is 89.4 Å². The first-order chi connectivity index (χ1) is 6.77. The number of rotatable bonds is 5. The van der Waals surface area contributed by atoms with Gasteiger partial charge >= 0.3 is 5.97 Å². The molecule has 1 saturated carbocycles. The van der Waals surface area contributed by atoms with Crippen molar-refractivity contribution < 1.29 is 18.3 Å². The highest BCUT2D eigenvalue weighted by Crippen LogP contribution is 2.35. The lowest BCUT2D eigenvalue weighted by molar-refractivity contribution is -0.139. The van der Waals surface area contributed by atoms with Gasteiger partial charge in [-0.15, -0.1) is 0 Å². The zero-order valence-electron chi connectivity index (χ0n) is 8.86. The van der Waals surface area contributed by atoms with Crippen LogP contribution >= 0.6 is 0 Å². The minimum atomic E-state index is -3.54. The minimum Gasteiger partial charge on any atom is -0.481 e. The van der Waals surface area contributed by atoms with Crippen molar-refractivity contribution in [2.75, 3.05) is 14.1 Å². The topological polar surface area (TPSA) is 86.7 Å². The van der Waals surface area contributed by atoms with Crippen molar-refractivity contribution in [3.05, 3.63) is 0 Å². The number of nitrogens with zero attached hydrogens (tertiary/aromatic N) is 1. The summed E-state index contributed by atoms with van der Waals surface area (Å²) in [5.41, 5.74) is -0.769. The number of carboxylic acid groups (broad SMARTS) is 1. The van der Waals surface area contributed by atoms with Gasteiger partial charge in [-0.25, -0.2) is 0 Å². The van der Waals surface area contributed by atoms with Crippen molar-refractivity contribution in [2.45, 2.75) is 31.2 Å². The van der Waals surface area contributed by atoms with E-state index in [0.29, 0.717) is 12.8 Å². The fraction of sp³-hybridized carbons (Fsp3) is 0.875. The van der Waals surface area contributed by atoms with Crippen LogP contribution in [-0.2, 0) is 15.0 Å². The van der Waals surface area contributed by atoms with Crippen molar-refractivity contribution >= 4 is 16.2 Å². The SMILES string of the molecule is CN(C)S(=O)(=O)NC1(CC(=O)O)CCC1. The molecule has 88 valence electrons. The molecule has 0 heterocycles. The highest BCUT2D eigenvalue weighted by atomic mass is 32.2. The van der Waals surface area contributed by atoms with E-state index in [1.807, 2.05) is 0 Å². The number of hydrogen-bond acceptors (Lipinski definition) is 3. The molecule has 0 aromatic carbocycles. The predicted molar refractivity (Wildman–Crippen MR) is 54.6 cm³/mol. The summed E-state index contributed by atoms with van der Waals surface area (Å²) < 4.78 is 26.6. The van der Waals surface area contributed by atoms with Crippen LogP contribution in [0.2, 0.25) is 0 Å². The van der Waals surface area contributed by atoms with Crippen LogP contribution in [0.4, 0.5) is 0 Å². The van der Waals surface area contributed by atoms with E-state index in [-0.39, 0.29) is 6.42 Å². The summed E-state index contributed by atoms with van der Waals surface area (Å²) in [6.07, 6.45) is 1.89. The number of carbonyl (C=O) groups is 1. The maximum absolute atomic E-state index is 11.5. The van der Waals surface area contributed by atoms with E-state index in [9.17, 15) is 13.2 Å². The average molecular weight is 236 g/mol. The average Bonchev–Trinajstić information content (AvgIpc) is 1.98. The third-order valence-electron chi connectivity index (χ3n) is 2.63. The van der Waals surface area contributed by atoms with Gasteiger partial charge in [-0.2, -0.15) is 17.4 Å². The molecule has 15 heavy (non-hydrogen) atoms. The normalized spacial score (nSPS) is 19.9. The summed E-state index contributed by atoms with van der Waals surface area (Å²) in [5, 5.41) is 8.70. The lowest BCUT2D eigenvalue weighted by Crippen LogP contribution is -2.57. The van der Waals surface area contributed by atoms with Gasteiger partial charge in [-0.3, -0.25) is 4.79 Å². The number of hydrogen-bond donors (Lipinski definition) is 2. The first-order valence-electron chi connectivity index (χ1n) is 4.71. The molecule has 0 aliphatic heterocycles. The van der Waals surface area contributed by atoms with Gasteiger partial charge < -0.3 is 5.11 Å². The summed E-state index contributed by atoms with van der Waals surface area (Å²) >= 11 is 0. The van der Waals surface area contributed by atoms with Crippen LogP contribution in [0.1, 0.15) is 25.7 Å². The summed E-state index contributed by atoms with van der Waals surface area (Å²) in [6, 6.07) is 0. The van der Waals surface area contributed by atoms with Gasteiger partial charge in [0.05, 0.1) is 6.42 Å². The van der Waals surface area contributed by atoms with Crippen molar-refractivity contribution in [3.63, 3.8) is 0 Å². The molecule has 0 atom stereocenters. The van der Waals surface area contributed by atoms with E-state index in [4.69, 9.17) is 5.11 Å². The van der Waals surface area contributed by atoms with E-state index in [2.05, 4.69) is 4.72 Å². The first kappa shape index (κ1) is 12.4. The van der Waals surface area contributed by atoms with Gasteiger partial charge in [0.25, 0.3) is 10.2 Å². The van der Waals surface area contributed by atoms with Crippen LogP contribution in [0.5, 0.6) is 0 Å². The van der Waals surface area contributed by atoms with E-state index in [0.717, 1.165) is 10.7 Å². The minimum absolute atomic E-state index is 0.153. The second-order valence-corrected chi connectivity index (χ2v) is 5.98. The smallest absolute Gasteiger partial charge is 0.305 e. The molecular formula is C8H16N2O4S. The Morgan fingerprint density at radius 1 is 1.47 bits per heavy atom. The molecule has 6 nitrogen and oxygen atoms in total. The van der Waals surface area contributed by atoms with Crippen LogP contribution in [-0.4, -0.2) is 43.4 Å². The molecule has 1 aliphatic carbocycles. The second kappa shape index (κ2) is 4.07.